The van der Waals surface area contributed by atoms with Crippen molar-refractivity contribution >= 4 is 46.7 Å². The fraction of sp³-hybridized carbons (Fsp3) is 0.580. The number of fused-ring (bicyclic) bond motifs is 6. The summed E-state index contributed by atoms with van der Waals surface area (Å²) in [6.45, 7) is 11.8. The lowest BCUT2D eigenvalue weighted by Crippen LogP contribution is -2.75. The van der Waals surface area contributed by atoms with Gasteiger partial charge in [-0.3, -0.25) is 33.9 Å². The number of amides is 1. The van der Waals surface area contributed by atoms with Crippen molar-refractivity contribution in [1.82, 2.24) is 14.8 Å². The number of aryl methyl sites for hydroxylation is 1. The Bertz CT molecular complexity index is 2610. The zero-order valence-electron chi connectivity index (χ0n) is 38.6. The normalized spacial score (nSPS) is 36.2. The minimum Gasteiger partial charge on any atom is -0.496 e. The van der Waals surface area contributed by atoms with Crippen LogP contribution in [-0.2, 0) is 61.8 Å². The third-order valence-corrected chi connectivity index (χ3v) is 17.0. The molecule has 1 amide bonds. The molecule has 10 rings (SSSR count). The maximum Gasteiger partial charge on any atom is 0.347 e. The summed E-state index contributed by atoms with van der Waals surface area (Å²) >= 11 is 0. The van der Waals surface area contributed by atoms with Crippen LogP contribution in [-0.4, -0.2) is 133 Å². The van der Waals surface area contributed by atoms with Crippen molar-refractivity contribution in [2.45, 2.75) is 119 Å². The first kappa shape index (κ1) is 43.8. The van der Waals surface area contributed by atoms with E-state index in [0.717, 1.165) is 16.5 Å². The fourth-order valence-electron chi connectivity index (χ4n) is 14.5. The number of hydrogen-bond acceptors (Lipinski definition) is 13. The molecule has 2 bridgehead atoms. The smallest absolute Gasteiger partial charge is 0.347 e. The number of aromatic amines is 1. The van der Waals surface area contributed by atoms with Gasteiger partial charge >= 0.3 is 17.9 Å². The van der Waals surface area contributed by atoms with Crippen molar-refractivity contribution in [3.8, 4) is 5.75 Å². The summed E-state index contributed by atoms with van der Waals surface area (Å²) in [7, 11) is 4.18. The van der Waals surface area contributed by atoms with Crippen molar-refractivity contribution in [3.05, 3.63) is 69.9 Å². The van der Waals surface area contributed by atoms with Gasteiger partial charge in [-0.15, -0.1) is 0 Å². The van der Waals surface area contributed by atoms with Crippen LogP contribution in [0, 0.1) is 11.3 Å². The molecule has 15 heteroatoms. The molecule has 2 N–H and O–H groups in total. The van der Waals surface area contributed by atoms with Crippen LogP contribution in [0.15, 0.2) is 36.4 Å². The Balaban J connectivity index is 1.31. The van der Waals surface area contributed by atoms with Crippen molar-refractivity contribution in [2.75, 3.05) is 59.0 Å². The van der Waals surface area contributed by atoms with Crippen LogP contribution >= 0.6 is 0 Å². The Morgan fingerprint density at radius 1 is 0.969 bits per heavy atom. The number of epoxide rings is 1. The summed E-state index contributed by atoms with van der Waals surface area (Å²) in [5.41, 5.74) is -2.93. The highest BCUT2D eigenvalue weighted by Crippen LogP contribution is 2.80. The summed E-state index contributed by atoms with van der Waals surface area (Å²) in [5.74, 6) is -1.86. The van der Waals surface area contributed by atoms with E-state index in [0.29, 0.717) is 117 Å². The molecule has 3 aromatic rings. The second kappa shape index (κ2) is 14.7. The number of H-pyrrole nitrogens is 1. The maximum absolute atomic E-state index is 15.6. The van der Waals surface area contributed by atoms with Gasteiger partial charge in [-0.25, -0.2) is 4.79 Å². The van der Waals surface area contributed by atoms with E-state index >= 15 is 4.79 Å². The maximum atomic E-state index is 15.6. The molecule has 7 heterocycles. The number of ether oxygens (including phenoxy) is 5. The van der Waals surface area contributed by atoms with E-state index in [1.165, 1.54) is 33.2 Å². The van der Waals surface area contributed by atoms with Crippen LogP contribution < -0.4 is 9.64 Å². The highest BCUT2D eigenvalue weighted by Gasteiger charge is 2.99. The third kappa shape index (κ3) is 5.29. The standard InChI is InChI=1S/C50H60N4O11/c1-9-31-19-34-32-13-17-52-25-30(23-45(60,10-2)26-52)24-47(43(58)62-7,40(32)51-37(34)20-33(31)28(4)56)36-21-35-38(22-39(36)61-6)54(27-55)50-48(35)15-18-53-16-12-14-46(11-3,41(48)53)42(64-29(5)57)49(50,65-50)44(59)63-8/h12,14,19-22,27,30,41-42,51,60H,9-11,13,15-18,23-26H2,1-8H3/t30-,41+,42-,45+,46-,47+,48-,49+,50+/m1/s1. The molecule has 1 unspecified atom stereocenters. The summed E-state index contributed by atoms with van der Waals surface area (Å²) < 4.78 is 31.2. The predicted octanol–water partition coefficient (Wildman–Crippen LogP) is 4.65. The molecule has 0 radical (unpaired) electrons. The Morgan fingerprint density at radius 2 is 1.74 bits per heavy atom. The molecule has 10 atom stereocenters. The number of ketones is 1. The molecule has 7 aliphatic rings. The van der Waals surface area contributed by atoms with Crippen LogP contribution in [0.3, 0.4) is 0 Å². The Labute approximate surface area is 378 Å². The quantitative estimate of drug-likeness (QED) is 0.0719. The predicted molar refractivity (Wildman–Crippen MR) is 238 cm³/mol. The molecule has 4 fully saturated rings. The number of rotatable bonds is 10. The van der Waals surface area contributed by atoms with Gasteiger partial charge in [0, 0.05) is 78.3 Å². The summed E-state index contributed by atoms with van der Waals surface area (Å²) in [4.78, 5) is 80.3. The van der Waals surface area contributed by atoms with E-state index in [1.54, 1.807) is 13.0 Å². The van der Waals surface area contributed by atoms with Crippen molar-refractivity contribution in [2.24, 2.45) is 11.3 Å². The summed E-state index contributed by atoms with van der Waals surface area (Å²) in [5, 5.41) is 13.0. The molecule has 1 aliphatic carbocycles. The SMILES string of the molecule is CCc1cc2c3c([nH]c2cc1C(C)=O)[C@@](C(=O)OC)(c1cc2c(cc1OC)N(C=O)[C@@]14O[C@]1(C(=O)OC)[C@H](OC(C)=O)[C@]1(CC)C=CCN5CC[C@]24[C@@H]51)C[C@@H]1CN(CC3)C[C@](O)(CC)C1. The average molecular weight is 893 g/mol. The molecular formula is C50H60N4O11. The molecule has 2 spiro atoms. The van der Waals surface area contributed by atoms with E-state index in [2.05, 4.69) is 33.0 Å². The number of nitrogens with one attached hydrogen (secondary N) is 1. The van der Waals surface area contributed by atoms with E-state index in [-0.39, 0.29) is 18.1 Å². The number of piperidine rings is 1. The summed E-state index contributed by atoms with van der Waals surface area (Å²) in [6, 6.07) is 7.29. The molecule has 1 saturated carbocycles. The van der Waals surface area contributed by atoms with Crippen molar-refractivity contribution in [1.29, 1.82) is 0 Å². The van der Waals surface area contributed by atoms with Crippen LogP contribution in [0.25, 0.3) is 10.9 Å². The number of carbonyl (C=O) groups is 5. The van der Waals surface area contributed by atoms with E-state index in [9.17, 15) is 24.3 Å². The van der Waals surface area contributed by atoms with E-state index in [4.69, 9.17) is 23.7 Å². The fourth-order valence-corrected chi connectivity index (χ4v) is 14.5. The van der Waals surface area contributed by atoms with Gasteiger partial charge in [0.05, 0.1) is 38.0 Å². The minimum absolute atomic E-state index is 0.0606. The second-order valence-electron chi connectivity index (χ2n) is 19.7. The van der Waals surface area contributed by atoms with Gasteiger partial charge < -0.3 is 33.8 Å². The lowest BCUT2D eigenvalue weighted by atomic mass is 9.49. The van der Waals surface area contributed by atoms with Crippen LogP contribution in [0.5, 0.6) is 5.75 Å². The molecule has 3 saturated heterocycles. The second-order valence-corrected chi connectivity index (χ2v) is 19.7. The number of esters is 3. The monoisotopic (exact) mass is 892 g/mol. The van der Waals surface area contributed by atoms with Crippen molar-refractivity contribution in [3.63, 3.8) is 0 Å². The van der Waals surface area contributed by atoms with E-state index in [1.807, 2.05) is 32.9 Å². The highest BCUT2D eigenvalue weighted by molar-refractivity contribution is 6.02. The van der Waals surface area contributed by atoms with Gasteiger partial charge in [0.15, 0.2) is 11.9 Å². The summed E-state index contributed by atoms with van der Waals surface area (Å²) in [6.07, 6.45) is 6.87. The van der Waals surface area contributed by atoms with Crippen LogP contribution in [0.2, 0.25) is 0 Å². The number of anilines is 1. The molecule has 15 nitrogen and oxygen atoms in total. The molecular weight excluding hydrogens is 833 g/mol. The first-order valence-corrected chi connectivity index (χ1v) is 23.2. The Kier molecular flexibility index (Phi) is 9.90. The van der Waals surface area contributed by atoms with Gasteiger partial charge in [-0.2, -0.15) is 0 Å². The molecule has 6 aliphatic heterocycles. The molecule has 346 valence electrons. The first-order chi connectivity index (χ1) is 31.1. The number of carbonyl (C=O) groups excluding carboxylic acids is 5. The number of aromatic nitrogens is 1. The Hall–Kier alpha value is -5.09. The molecule has 65 heavy (non-hydrogen) atoms. The minimum atomic E-state index is -1.92. The largest absolute Gasteiger partial charge is 0.496 e. The first-order valence-electron chi connectivity index (χ1n) is 23.2. The van der Waals surface area contributed by atoms with Gasteiger partial charge in [0.2, 0.25) is 12.1 Å². The number of Topliss-reactive ketones (excluding diaryl/α,β-unsaturated/α-hetero) is 1. The van der Waals surface area contributed by atoms with Gasteiger partial charge in [-0.1, -0.05) is 32.9 Å². The van der Waals surface area contributed by atoms with E-state index < -0.39 is 63.2 Å². The third-order valence-electron chi connectivity index (χ3n) is 17.0. The van der Waals surface area contributed by atoms with Crippen LogP contribution in [0.1, 0.15) is 105 Å². The van der Waals surface area contributed by atoms with Crippen LogP contribution in [0.4, 0.5) is 5.69 Å². The van der Waals surface area contributed by atoms with Crippen molar-refractivity contribution < 1.29 is 52.8 Å². The molecule has 1 aromatic heterocycles. The number of benzene rings is 2. The van der Waals surface area contributed by atoms with Gasteiger partial charge in [0.1, 0.15) is 11.2 Å². The zero-order chi connectivity index (χ0) is 46.2. The molecule has 2 aromatic carbocycles. The number of aliphatic hydroxyl groups is 1. The number of methoxy groups -OCH3 is 3. The highest BCUT2D eigenvalue weighted by atomic mass is 16.7. The zero-order valence-corrected chi connectivity index (χ0v) is 38.6. The van der Waals surface area contributed by atoms with Gasteiger partial charge in [-0.05, 0) is 99.2 Å². The van der Waals surface area contributed by atoms with Gasteiger partial charge in [0.25, 0.3) is 5.60 Å². The lowest BCUT2D eigenvalue weighted by molar-refractivity contribution is -0.178. The lowest BCUT2D eigenvalue weighted by Gasteiger charge is -2.58. The average Bonchev–Trinajstić information content (AvgIpc) is 3.52. The number of hydrogen-bond donors (Lipinski definition) is 2. The topological polar surface area (TPSA) is 181 Å². The Morgan fingerprint density at radius 3 is 2.38 bits per heavy atom. The number of nitrogens with zero attached hydrogens (tertiary/aromatic N) is 3.